The van der Waals surface area contributed by atoms with Gasteiger partial charge in [-0.3, -0.25) is 0 Å². The average Bonchev–Trinajstić information content (AvgIpc) is 2.67. The van der Waals surface area contributed by atoms with Crippen molar-refractivity contribution in [1.29, 1.82) is 0 Å². The van der Waals surface area contributed by atoms with Crippen LogP contribution in [0.3, 0.4) is 0 Å². The van der Waals surface area contributed by atoms with Gasteiger partial charge in [-0.05, 0) is 54.6 Å². The molecular weight excluding hydrogens is 244 g/mol. The largest absolute Gasteiger partial charge is 0.392 e. The van der Waals surface area contributed by atoms with Crippen molar-refractivity contribution >= 4 is 0 Å². The van der Waals surface area contributed by atoms with Gasteiger partial charge in [0.25, 0.3) is 0 Å². The minimum Gasteiger partial charge on any atom is -0.392 e. The molecule has 0 saturated heterocycles. The fourth-order valence-electron chi connectivity index (χ4n) is 4.58. The summed E-state index contributed by atoms with van der Waals surface area (Å²) in [5.74, 6) is 0.624. The van der Waals surface area contributed by atoms with E-state index in [1.54, 1.807) is 11.1 Å². The molecule has 3 rings (SSSR count). The maximum Gasteiger partial charge on any atom is 0.0668 e. The Morgan fingerprint density at radius 2 is 1.95 bits per heavy atom. The molecule has 0 aromatic rings. The van der Waals surface area contributed by atoms with E-state index in [0.717, 1.165) is 12.8 Å². The summed E-state index contributed by atoms with van der Waals surface area (Å²) >= 11 is 0. The molecule has 0 spiro atoms. The smallest absolute Gasteiger partial charge is 0.0668 e. The van der Waals surface area contributed by atoms with Gasteiger partial charge in [-0.1, -0.05) is 51.5 Å². The average molecular weight is 272 g/mol. The summed E-state index contributed by atoms with van der Waals surface area (Å²) < 4.78 is 0. The van der Waals surface area contributed by atoms with Crippen molar-refractivity contribution in [1.82, 2.24) is 0 Å². The third-order valence-corrected chi connectivity index (χ3v) is 6.14. The van der Waals surface area contributed by atoms with E-state index in [4.69, 9.17) is 0 Å². The molecule has 1 nitrogen and oxygen atoms in total. The Morgan fingerprint density at radius 3 is 2.65 bits per heavy atom. The molecule has 3 atom stereocenters. The number of fused-ring (bicyclic) bond motifs is 3. The van der Waals surface area contributed by atoms with Crippen LogP contribution in [0.25, 0.3) is 0 Å². The predicted octanol–water partition coefficient (Wildman–Crippen LogP) is 4.79. The van der Waals surface area contributed by atoms with Crippen LogP contribution in [-0.4, -0.2) is 11.2 Å². The molecule has 1 heteroatoms. The first-order valence-corrected chi connectivity index (χ1v) is 8.18. The van der Waals surface area contributed by atoms with Gasteiger partial charge in [-0.2, -0.15) is 0 Å². The zero-order valence-corrected chi connectivity index (χ0v) is 13.4. The highest BCUT2D eigenvalue weighted by Gasteiger charge is 2.50. The Bertz CT molecular complexity index is 508. The van der Waals surface area contributed by atoms with Crippen LogP contribution in [0.5, 0.6) is 0 Å². The minimum absolute atomic E-state index is 0.0528. The lowest BCUT2D eigenvalue weighted by atomic mass is 9.57. The third kappa shape index (κ3) is 1.86. The van der Waals surface area contributed by atoms with E-state index >= 15 is 0 Å². The van der Waals surface area contributed by atoms with Crippen LogP contribution in [0.1, 0.15) is 59.8 Å². The molecule has 110 valence electrons. The van der Waals surface area contributed by atoms with Crippen LogP contribution in [0.15, 0.2) is 34.9 Å². The van der Waals surface area contributed by atoms with E-state index in [0.29, 0.717) is 11.3 Å². The SMILES string of the molecule is CC(C)C1=C2C3=CC=CC[C@@H](O)[C@]3(C)CC[C@@]2(C)CC1. The van der Waals surface area contributed by atoms with Gasteiger partial charge in [-0.15, -0.1) is 0 Å². The Morgan fingerprint density at radius 1 is 1.20 bits per heavy atom. The van der Waals surface area contributed by atoms with Crippen LogP contribution >= 0.6 is 0 Å². The zero-order chi connectivity index (χ0) is 14.5. The highest BCUT2D eigenvalue weighted by molar-refractivity contribution is 5.51. The summed E-state index contributed by atoms with van der Waals surface area (Å²) in [6.07, 6.45) is 12.0. The number of hydrogen-bond donors (Lipinski definition) is 1. The Balaban J connectivity index is 2.18. The van der Waals surface area contributed by atoms with Crippen molar-refractivity contribution in [2.75, 3.05) is 0 Å². The number of allylic oxidation sites excluding steroid dienone is 4. The third-order valence-electron chi connectivity index (χ3n) is 6.14. The standard InChI is InChI=1S/C19H28O/c1-13(2)14-9-10-18(3)11-12-19(4)15(17(14)18)7-5-6-8-16(19)20/h5-7,13,16,20H,8-12H2,1-4H3/t16-,18-,19-/m1/s1. The first-order valence-electron chi connectivity index (χ1n) is 8.18. The summed E-state index contributed by atoms with van der Waals surface area (Å²) in [5.41, 5.74) is 4.99. The normalized spacial score (nSPS) is 40.5. The quantitative estimate of drug-likeness (QED) is 0.728. The van der Waals surface area contributed by atoms with Crippen molar-refractivity contribution in [3.63, 3.8) is 0 Å². The van der Waals surface area contributed by atoms with Crippen LogP contribution < -0.4 is 0 Å². The summed E-state index contributed by atoms with van der Waals surface area (Å²) in [6.45, 7) is 9.37. The molecule has 3 aliphatic rings. The molecule has 0 radical (unpaired) electrons. The molecule has 0 aromatic carbocycles. The van der Waals surface area contributed by atoms with E-state index in [2.05, 4.69) is 45.9 Å². The first-order chi connectivity index (χ1) is 9.38. The van der Waals surface area contributed by atoms with E-state index in [1.807, 2.05) is 0 Å². The highest BCUT2D eigenvalue weighted by atomic mass is 16.3. The molecule has 0 aliphatic heterocycles. The molecule has 1 N–H and O–H groups in total. The zero-order valence-electron chi connectivity index (χ0n) is 13.4. The summed E-state index contributed by atoms with van der Waals surface area (Å²) in [5, 5.41) is 10.7. The molecule has 0 aromatic heterocycles. The molecule has 0 heterocycles. The maximum atomic E-state index is 10.7. The van der Waals surface area contributed by atoms with Crippen LogP contribution in [0.4, 0.5) is 0 Å². The topological polar surface area (TPSA) is 20.2 Å². The predicted molar refractivity (Wildman–Crippen MR) is 84.4 cm³/mol. The molecule has 20 heavy (non-hydrogen) atoms. The lowest BCUT2D eigenvalue weighted by molar-refractivity contribution is 0.0412. The molecule has 1 saturated carbocycles. The van der Waals surface area contributed by atoms with E-state index in [-0.39, 0.29) is 11.5 Å². The maximum absolute atomic E-state index is 10.7. The Labute approximate surface area is 123 Å². The van der Waals surface area contributed by atoms with Gasteiger partial charge in [0.15, 0.2) is 0 Å². The molecule has 0 amide bonds. The van der Waals surface area contributed by atoms with Gasteiger partial charge >= 0.3 is 0 Å². The van der Waals surface area contributed by atoms with Crippen LogP contribution in [0.2, 0.25) is 0 Å². The minimum atomic E-state index is -0.237. The summed E-state index contributed by atoms with van der Waals surface area (Å²) in [7, 11) is 0. The fourth-order valence-corrected chi connectivity index (χ4v) is 4.58. The fraction of sp³-hybridized carbons (Fsp3) is 0.684. The highest BCUT2D eigenvalue weighted by Crippen LogP contribution is 2.61. The van der Waals surface area contributed by atoms with Gasteiger partial charge in [0, 0.05) is 5.41 Å². The van der Waals surface area contributed by atoms with Gasteiger partial charge < -0.3 is 5.11 Å². The van der Waals surface area contributed by atoms with E-state index in [1.165, 1.54) is 24.8 Å². The van der Waals surface area contributed by atoms with Crippen molar-refractivity contribution in [3.05, 3.63) is 34.9 Å². The number of aliphatic hydroxyl groups is 1. The second-order valence-electron chi connectivity index (χ2n) is 7.79. The molecule has 0 bridgehead atoms. The van der Waals surface area contributed by atoms with Crippen molar-refractivity contribution in [3.8, 4) is 0 Å². The number of hydrogen-bond acceptors (Lipinski definition) is 1. The first kappa shape index (κ1) is 14.1. The van der Waals surface area contributed by atoms with Gasteiger partial charge in [0.2, 0.25) is 0 Å². The van der Waals surface area contributed by atoms with E-state index < -0.39 is 0 Å². The molecular formula is C19H28O. The van der Waals surface area contributed by atoms with E-state index in [9.17, 15) is 5.11 Å². The lowest BCUT2D eigenvalue weighted by Gasteiger charge is -2.48. The van der Waals surface area contributed by atoms with Crippen molar-refractivity contribution < 1.29 is 5.11 Å². The second kappa shape index (κ2) is 4.59. The molecule has 0 unspecified atom stereocenters. The second-order valence-corrected chi connectivity index (χ2v) is 7.79. The number of rotatable bonds is 1. The lowest BCUT2D eigenvalue weighted by Crippen LogP contribution is -2.41. The Kier molecular flexibility index (Phi) is 3.25. The monoisotopic (exact) mass is 272 g/mol. The van der Waals surface area contributed by atoms with Gasteiger partial charge in [0.05, 0.1) is 6.10 Å². The van der Waals surface area contributed by atoms with Crippen molar-refractivity contribution in [2.45, 2.75) is 65.9 Å². The molecule has 3 aliphatic carbocycles. The van der Waals surface area contributed by atoms with Gasteiger partial charge in [-0.25, -0.2) is 0 Å². The van der Waals surface area contributed by atoms with Crippen LogP contribution in [0, 0.1) is 16.7 Å². The summed E-state index contributed by atoms with van der Waals surface area (Å²) in [6, 6.07) is 0. The Hall–Kier alpha value is -0.820. The molecule has 1 fully saturated rings. The number of aliphatic hydroxyl groups excluding tert-OH is 1. The van der Waals surface area contributed by atoms with Gasteiger partial charge in [0.1, 0.15) is 0 Å². The van der Waals surface area contributed by atoms with Crippen LogP contribution in [-0.2, 0) is 0 Å². The van der Waals surface area contributed by atoms with Crippen molar-refractivity contribution in [2.24, 2.45) is 16.7 Å². The summed E-state index contributed by atoms with van der Waals surface area (Å²) in [4.78, 5) is 0.